The minimum absolute atomic E-state index is 0.172. The highest BCUT2D eigenvalue weighted by Crippen LogP contribution is 2.27. The molecule has 0 spiro atoms. The first-order chi connectivity index (χ1) is 6.91. The van der Waals surface area contributed by atoms with Crippen LogP contribution in [0, 0.1) is 0 Å². The van der Waals surface area contributed by atoms with Crippen molar-refractivity contribution >= 4 is 5.91 Å². The molecule has 88 valence electrons. The predicted octanol–water partition coefficient (Wildman–Crippen LogP) is 1.90. The Morgan fingerprint density at radius 1 is 1.40 bits per heavy atom. The lowest BCUT2D eigenvalue weighted by atomic mass is 9.92. The van der Waals surface area contributed by atoms with Crippen molar-refractivity contribution in [1.82, 2.24) is 4.90 Å². The molecule has 1 saturated heterocycles. The van der Waals surface area contributed by atoms with Gasteiger partial charge in [-0.1, -0.05) is 6.42 Å². The van der Waals surface area contributed by atoms with E-state index < -0.39 is 0 Å². The van der Waals surface area contributed by atoms with Crippen LogP contribution in [0.5, 0.6) is 0 Å². The van der Waals surface area contributed by atoms with Gasteiger partial charge in [0.05, 0.1) is 0 Å². The van der Waals surface area contributed by atoms with Crippen LogP contribution in [0.1, 0.15) is 52.9 Å². The van der Waals surface area contributed by atoms with Crippen molar-refractivity contribution in [3.05, 3.63) is 0 Å². The molecule has 0 aromatic carbocycles. The fraction of sp³-hybridized carbons (Fsp3) is 0.917. The minimum Gasteiger partial charge on any atom is -0.370 e. The maximum atomic E-state index is 10.8. The molecule has 1 atom stereocenters. The first-order valence-corrected chi connectivity index (χ1v) is 5.96. The van der Waals surface area contributed by atoms with Gasteiger partial charge in [-0.25, -0.2) is 0 Å². The van der Waals surface area contributed by atoms with Crippen LogP contribution in [-0.2, 0) is 4.79 Å². The number of carbonyl (C=O) groups excluding carboxylic acids is 1. The lowest BCUT2D eigenvalue weighted by Crippen LogP contribution is -2.50. The zero-order valence-corrected chi connectivity index (χ0v) is 10.3. The monoisotopic (exact) mass is 212 g/mol. The zero-order valence-electron chi connectivity index (χ0n) is 10.3. The number of nitrogens with zero attached hydrogens (tertiary/aromatic N) is 1. The third-order valence-corrected chi connectivity index (χ3v) is 3.21. The van der Waals surface area contributed by atoms with E-state index in [0.29, 0.717) is 12.5 Å². The molecule has 1 amide bonds. The number of hydrogen-bond acceptors (Lipinski definition) is 2. The quantitative estimate of drug-likeness (QED) is 0.776. The zero-order chi connectivity index (χ0) is 11.5. The maximum absolute atomic E-state index is 10.8. The molecular weight excluding hydrogens is 188 g/mol. The summed E-state index contributed by atoms with van der Waals surface area (Å²) in [4.78, 5) is 13.3. The van der Waals surface area contributed by atoms with E-state index >= 15 is 0 Å². The summed E-state index contributed by atoms with van der Waals surface area (Å²) in [5, 5.41) is 0. The molecule has 0 radical (unpaired) electrons. The van der Waals surface area contributed by atoms with Gasteiger partial charge < -0.3 is 5.73 Å². The first-order valence-electron chi connectivity index (χ1n) is 5.96. The minimum atomic E-state index is -0.172. The third kappa shape index (κ3) is 3.82. The van der Waals surface area contributed by atoms with Crippen LogP contribution < -0.4 is 5.73 Å². The molecule has 15 heavy (non-hydrogen) atoms. The Morgan fingerprint density at radius 2 is 2.07 bits per heavy atom. The Labute approximate surface area is 93.0 Å². The normalized spacial score (nSPS) is 24.1. The Kier molecular flexibility index (Phi) is 4.14. The number of nitrogens with two attached hydrogens (primary N) is 1. The lowest BCUT2D eigenvalue weighted by molar-refractivity contribution is -0.118. The summed E-state index contributed by atoms with van der Waals surface area (Å²) in [5.74, 6) is -0.172. The summed E-state index contributed by atoms with van der Waals surface area (Å²) in [6, 6.07) is 0.547. The second-order valence-corrected chi connectivity index (χ2v) is 5.52. The second-order valence-electron chi connectivity index (χ2n) is 5.52. The third-order valence-electron chi connectivity index (χ3n) is 3.21. The Balaban J connectivity index is 2.54. The number of hydrogen-bond donors (Lipinski definition) is 1. The fourth-order valence-electron chi connectivity index (χ4n) is 2.49. The number of piperidine rings is 1. The van der Waals surface area contributed by atoms with E-state index in [1.165, 1.54) is 19.3 Å². The van der Waals surface area contributed by atoms with Crippen LogP contribution in [0.4, 0.5) is 0 Å². The molecule has 1 fully saturated rings. The molecule has 0 aromatic heterocycles. The van der Waals surface area contributed by atoms with Crippen molar-refractivity contribution in [2.75, 3.05) is 6.54 Å². The van der Waals surface area contributed by atoms with E-state index in [0.717, 1.165) is 13.0 Å². The molecule has 0 saturated carbocycles. The fourth-order valence-corrected chi connectivity index (χ4v) is 2.49. The molecule has 0 aromatic rings. The van der Waals surface area contributed by atoms with Gasteiger partial charge in [-0.2, -0.15) is 0 Å². The summed E-state index contributed by atoms with van der Waals surface area (Å²) >= 11 is 0. The molecule has 0 aliphatic carbocycles. The average molecular weight is 212 g/mol. The van der Waals surface area contributed by atoms with E-state index in [4.69, 9.17) is 5.73 Å². The van der Waals surface area contributed by atoms with Gasteiger partial charge in [0.15, 0.2) is 0 Å². The van der Waals surface area contributed by atoms with Gasteiger partial charge in [-0.15, -0.1) is 0 Å². The summed E-state index contributed by atoms with van der Waals surface area (Å²) in [6.45, 7) is 7.90. The topological polar surface area (TPSA) is 46.3 Å². The lowest BCUT2D eigenvalue weighted by Gasteiger charge is -2.44. The van der Waals surface area contributed by atoms with Crippen molar-refractivity contribution < 1.29 is 4.79 Å². The van der Waals surface area contributed by atoms with Gasteiger partial charge in [0.2, 0.25) is 5.91 Å². The summed E-state index contributed by atoms with van der Waals surface area (Å²) < 4.78 is 0. The van der Waals surface area contributed by atoms with E-state index in [2.05, 4.69) is 25.7 Å². The van der Waals surface area contributed by atoms with Crippen molar-refractivity contribution in [2.24, 2.45) is 5.73 Å². The largest absolute Gasteiger partial charge is 0.370 e. The molecule has 1 aliphatic heterocycles. The van der Waals surface area contributed by atoms with E-state index in [1.54, 1.807) is 0 Å². The van der Waals surface area contributed by atoms with E-state index in [9.17, 15) is 4.79 Å². The summed E-state index contributed by atoms with van der Waals surface area (Å²) in [5.41, 5.74) is 5.42. The molecule has 1 aliphatic rings. The highest BCUT2D eigenvalue weighted by Gasteiger charge is 2.30. The van der Waals surface area contributed by atoms with Crippen molar-refractivity contribution in [2.45, 2.75) is 64.5 Å². The van der Waals surface area contributed by atoms with Crippen molar-refractivity contribution in [1.29, 1.82) is 0 Å². The number of likely N-dealkylation sites (tertiary alicyclic amines) is 1. The molecule has 3 heteroatoms. The summed E-state index contributed by atoms with van der Waals surface area (Å²) in [7, 11) is 0. The van der Waals surface area contributed by atoms with Crippen LogP contribution in [0.2, 0.25) is 0 Å². The molecule has 1 unspecified atom stereocenters. The Morgan fingerprint density at radius 3 is 2.60 bits per heavy atom. The van der Waals surface area contributed by atoms with Crippen LogP contribution in [0.25, 0.3) is 0 Å². The highest BCUT2D eigenvalue weighted by atomic mass is 16.1. The van der Waals surface area contributed by atoms with Crippen LogP contribution in [0.3, 0.4) is 0 Å². The number of carbonyl (C=O) groups is 1. The standard InChI is InChI=1S/C12H24N2O/c1-12(2,3)14-9-5-4-6-10(14)7-8-11(13)15/h10H,4-9H2,1-3H3,(H2,13,15). The number of primary amides is 1. The SMILES string of the molecule is CC(C)(C)N1CCCCC1CCC(N)=O. The molecule has 3 nitrogen and oxygen atoms in total. The molecule has 0 bridgehead atoms. The smallest absolute Gasteiger partial charge is 0.217 e. The van der Waals surface area contributed by atoms with Gasteiger partial charge in [-0.05, 0) is 46.6 Å². The molecule has 1 heterocycles. The average Bonchev–Trinajstić information content (AvgIpc) is 2.13. The Bertz CT molecular complexity index is 220. The van der Waals surface area contributed by atoms with Gasteiger partial charge in [-0.3, -0.25) is 9.69 Å². The van der Waals surface area contributed by atoms with Crippen LogP contribution >= 0.6 is 0 Å². The van der Waals surface area contributed by atoms with Crippen molar-refractivity contribution in [3.8, 4) is 0 Å². The van der Waals surface area contributed by atoms with Crippen LogP contribution in [0.15, 0.2) is 0 Å². The predicted molar refractivity (Wildman–Crippen MR) is 62.5 cm³/mol. The summed E-state index contributed by atoms with van der Waals surface area (Å²) in [6.07, 6.45) is 5.23. The second kappa shape index (κ2) is 4.97. The maximum Gasteiger partial charge on any atom is 0.217 e. The van der Waals surface area contributed by atoms with E-state index in [1.807, 2.05) is 0 Å². The van der Waals surface area contributed by atoms with Gasteiger partial charge >= 0.3 is 0 Å². The van der Waals surface area contributed by atoms with E-state index in [-0.39, 0.29) is 11.4 Å². The molecule has 2 N–H and O–H groups in total. The van der Waals surface area contributed by atoms with Gasteiger partial charge in [0.25, 0.3) is 0 Å². The number of rotatable bonds is 3. The number of amides is 1. The Hall–Kier alpha value is -0.570. The highest BCUT2D eigenvalue weighted by molar-refractivity contribution is 5.73. The van der Waals surface area contributed by atoms with Gasteiger partial charge in [0, 0.05) is 18.0 Å². The van der Waals surface area contributed by atoms with Crippen LogP contribution in [-0.4, -0.2) is 28.9 Å². The molecular formula is C12H24N2O. The van der Waals surface area contributed by atoms with Crippen molar-refractivity contribution in [3.63, 3.8) is 0 Å². The van der Waals surface area contributed by atoms with Gasteiger partial charge in [0.1, 0.15) is 0 Å². The molecule has 1 rings (SSSR count). The first kappa shape index (κ1) is 12.5.